The average molecular weight is 684 g/mol. The maximum Gasteiger partial charge on any atom is 0.305 e. The molecule has 32 heavy (non-hydrogen) atoms. The van der Waals surface area contributed by atoms with Gasteiger partial charge < -0.3 is 66.4 Å². The summed E-state index contributed by atoms with van der Waals surface area (Å²) in [5.41, 5.74) is 0. The molecule has 0 aliphatic rings. The van der Waals surface area contributed by atoms with Crippen molar-refractivity contribution in [1.82, 2.24) is 0 Å². The molecule has 0 saturated carbocycles. The first-order chi connectivity index (χ1) is 14.4. The zero-order valence-electron chi connectivity index (χ0n) is 21.6. The van der Waals surface area contributed by atoms with Crippen LogP contribution < -0.4 is 48.0 Å². The van der Waals surface area contributed by atoms with E-state index in [0.29, 0.717) is 26.1 Å². The van der Waals surface area contributed by atoms with Crippen LogP contribution in [0.25, 0.3) is 0 Å². The number of hydrogen-bond acceptors (Lipinski definition) is 4. The number of likely N-dealkylation sites (N-methyl/N-ethyl adjacent to an activating group) is 2. The Morgan fingerprint density at radius 3 is 1.06 bits per heavy atom. The highest BCUT2D eigenvalue weighted by molar-refractivity contribution is 5.69. The summed E-state index contributed by atoms with van der Waals surface area (Å²) in [6, 6.07) is 0. The Morgan fingerprint density at radius 1 is 0.531 bits per heavy atom. The van der Waals surface area contributed by atoms with Crippen molar-refractivity contribution in [3.63, 3.8) is 0 Å². The minimum absolute atomic E-state index is 0. The maximum absolute atomic E-state index is 11.9. The van der Waals surface area contributed by atoms with E-state index < -0.39 is 0 Å². The van der Waals surface area contributed by atoms with Crippen molar-refractivity contribution >= 4 is 11.9 Å². The molecule has 0 aliphatic carbocycles. The van der Waals surface area contributed by atoms with Crippen molar-refractivity contribution in [1.29, 1.82) is 0 Å². The van der Waals surface area contributed by atoms with Gasteiger partial charge >= 0.3 is 11.9 Å². The Labute approximate surface area is 232 Å². The van der Waals surface area contributed by atoms with Gasteiger partial charge in [0.25, 0.3) is 0 Å². The van der Waals surface area contributed by atoms with E-state index in [1.54, 1.807) is 0 Å². The van der Waals surface area contributed by atoms with Gasteiger partial charge in [0.1, 0.15) is 26.3 Å². The van der Waals surface area contributed by atoms with Crippen molar-refractivity contribution in [3.8, 4) is 0 Å². The van der Waals surface area contributed by atoms with Crippen LogP contribution in [0.1, 0.15) is 80.1 Å². The Hall–Kier alpha value is 0.320. The van der Waals surface area contributed by atoms with Gasteiger partial charge in [-0.2, -0.15) is 0 Å². The standard InChI is InChI=1S/C24H50N2O4.2HI/c1-7-25(8-2,9-3)19-21-29-23(27)17-15-13-14-16-18-24(28)30-22-20-26(10-4,11-5)12-6;;/h7-22H2,1-6H3;2*1H/q+2;;/p-2. The summed E-state index contributed by atoms with van der Waals surface area (Å²) in [4.78, 5) is 23.8. The number of rotatable bonds is 19. The summed E-state index contributed by atoms with van der Waals surface area (Å²) in [5, 5.41) is 0. The molecule has 0 N–H and O–H groups in total. The lowest BCUT2D eigenvalue weighted by atomic mass is 10.1. The molecule has 0 rings (SSSR count). The predicted molar refractivity (Wildman–Crippen MR) is 123 cm³/mol. The molecule has 0 fully saturated rings. The number of carbonyl (C=O) groups excluding carboxylic acids is 2. The van der Waals surface area contributed by atoms with Crippen LogP contribution in [-0.2, 0) is 19.1 Å². The number of unbranched alkanes of at least 4 members (excludes halogenated alkanes) is 3. The van der Waals surface area contributed by atoms with Crippen molar-refractivity contribution in [2.75, 3.05) is 65.6 Å². The molecular formula is C24H50I2N2O4. The summed E-state index contributed by atoms with van der Waals surface area (Å²) in [5.74, 6) is -0.194. The molecule has 0 aromatic carbocycles. The minimum atomic E-state index is -0.0970. The molecule has 0 heterocycles. The molecule has 0 aliphatic heterocycles. The third-order valence-electron chi connectivity index (χ3n) is 7.19. The van der Waals surface area contributed by atoms with Gasteiger partial charge in [0.2, 0.25) is 0 Å². The zero-order valence-corrected chi connectivity index (χ0v) is 25.9. The molecule has 0 unspecified atom stereocenters. The Balaban J connectivity index is -0.00000420. The van der Waals surface area contributed by atoms with Gasteiger partial charge in [-0.25, -0.2) is 0 Å². The lowest BCUT2D eigenvalue weighted by molar-refractivity contribution is -0.923. The second kappa shape index (κ2) is 21.8. The highest BCUT2D eigenvalue weighted by Crippen LogP contribution is 2.09. The number of halogens is 2. The average Bonchev–Trinajstić information content (AvgIpc) is 2.77. The van der Waals surface area contributed by atoms with Crippen LogP contribution >= 0.6 is 0 Å². The molecule has 194 valence electrons. The van der Waals surface area contributed by atoms with Crippen LogP contribution in [0.2, 0.25) is 0 Å². The van der Waals surface area contributed by atoms with Crippen LogP contribution in [0, 0.1) is 0 Å². The highest BCUT2D eigenvalue weighted by Gasteiger charge is 2.21. The second-order valence-corrected chi connectivity index (χ2v) is 8.38. The van der Waals surface area contributed by atoms with Crippen LogP contribution in [0.15, 0.2) is 0 Å². The van der Waals surface area contributed by atoms with E-state index in [2.05, 4.69) is 41.5 Å². The van der Waals surface area contributed by atoms with Gasteiger partial charge in [-0.05, 0) is 54.4 Å². The van der Waals surface area contributed by atoms with Gasteiger partial charge in [0, 0.05) is 12.8 Å². The number of esters is 2. The largest absolute Gasteiger partial charge is 1.00 e. The number of nitrogens with zero attached hydrogens (tertiary/aromatic N) is 2. The molecule has 0 aromatic heterocycles. The summed E-state index contributed by atoms with van der Waals surface area (Å²) in [7, 11) is 0. The summed E-state index contributed by atoms with van der Waals surface area (Å²) < 4.78 is 12.8. The van der Waals surface area contributed by atoms with Crippen LogP contribution in [0.3, 0.4) is 0 Å². The van der Waals surface area contributed by atoms with Crippen LogP contribution in [0.4, 0.5) is 0 Å². The van der Waals surface area contributed by atoms with Crippen molar-refractivity contribution in [3.05, 3.63) is 0 Å². The first-order valence-electron chi connectivity index (χ1n) is 12.4. The second-order valence-electron chi connectivity index (χ2n) is 8.38. The fraction of sp³-hybridized carbons (Fsp3) is 0.917. The summed E-state index contributed by atoms with van der Waals surface area (Å²) in [6.07, 6.45) is 4.49. The molecule has 0 atom stereocenters. The van der Waals surface area contributed by atoms with E-state index in [9.17, 15) is 9.59 Å². The maximum atomic E-state index is 11.9. The molecule has 0 saturated heterocycles. The molecular weight excluding hydrogens is 634 g/mol. The molecule has 0 spiro atoms. The lowest BCUT2D eigenvalue weighted by Crippen LogP contribution is -3.00. The lowest BCUT2D eigenvalue weighted by Gasteiger charge is -2.35. The van der Waals surface area contributed by atoms with Crippen molar-refractivity contribution in [2.24, 2.45) is 0 Å². The first kappa shape index (κ1) is 36.9. The molecule has 0 amide bonds. The molecule has 0 aromatic rings. The fourth-order valence-electron chi connectivity index (χ4n) is 4.03. The van der Waals surface area contributed by atoms with Gasteiger partial charge in [0.15, 0.2) is 0 Å². The normalized spacial score (nSPS) is 11.3. The third kappa shape index (κ3) is 15.3. The van der Waals surface area contributed by atoms with Crippen molar-refractivity contribution < 1.29 is 76.0 Å². The van der Waals surface area contributed by atoms with E-state index in [4.69, 9.17) is 9.47 Å². The van der Waals surface area contributed by atoms with E-state index in [1.165, 1.54) is 0 Å². The van der Waals surface area contributed by atoms with Gasteiger partial charge in [0.05, 0.1) is 39.3 Å². The molecule has 8 heteroatoms. The molecule has 0 bridgehead atoms. The number of carbonyl (C=O) groups is 2. The molecule has 0 radical (unpaired) electrons. The Kier molecular flexibility index (Phi) is 25.2. The Bertz CT molecular complexity index is 412. The van der Waals surface area contributed by atoms with Gasteiger partial charge in [-0.1, -0.05) is 12.8 Å². The van der Waals surface area contributed by atoms with Crippen LogP contribution in [0.5, 0.6) is 0 Å². The number of hydrogen-bond donors (Lipinski definition) is 0. The van der Waals surface area contributed by atoms with Crippen molar-refractivity contribution in [2.45, 2.75) is 80.1 Å². The number of quaternary nitrogens is 2. The summed E-state index contributed by atoms with van der Waals surface area (Å²) in [6.45, 7) is 22.4. The SMILES string of the molecule is CC[N+](CC)(CC)CCOC(=O)CCCCCCC(=O)OCC[N+](CC)(CC)CC.[I-].[I-]. The third-order valence-corrected chi connectivity index (χ3v) is 7.19. The zero-order chi connectivity index (χ0) is 22.9. The smallest absolute Gasteiger partial charge is 0.305 e. The van der Waals surface area contributed by atoms with E-state index in [0.717, 1.165) is 87.0 Å². The molecule has 6 nitrogen and oxygen atoms in total. The van der Waals surface area contributed by atoms with Gasteiger partial charge in [-0.15, -0.1) is 0 Å². The predicted octanol–water partition coefficient (Wildman–Crippen LogP) is -1.83. The summed E-state index contributed by atoms with van der Waals surface area (Å²) >= 11 is 0. The number of ether oxygens (including phenoxy) is 2. The van der Waals surface area contributed by atoms with E-state index in [-0.39, 0.29) is 59.9 Å². The Morgan fingerprint density at radius 2 is 0.812 bits per heavy atom. The topological polar surface area (TPSA) is 52.6 Å². The quantitative estimate of drug-likeness (QED) is 0.0697. The first-order valence-corrected chi connectivity index (χ1v) is 12.4. The van der Waals surface area contributed by atoms with E-state index >= 15 is 0 Å². The highest BCUT2D eigenvalue weighted by atomic mass is 127. The van der Waals surface area contributed by atoms with Gasteiger partial charge in [-0.3, -0.25) is 9.59 Å². The monoisotopic (exact) mass is 684 g/mol. The van der Waals surface area contributed by atoms with Crippen LogP contribution in [-0.4, -0.2) is 86.5 Å². The fourth-order valence-corrected chi connectivity index (χ4v) is 4.03. The minimum Gasteiger partial charge on any atom is -1.00 e. The van der Waals surface area contributed by atoms with E-state index in [1.807, 2.05) is 0 Å².